The zero-order valence-electron chi connectivity index (χ0n) is 17.0. The molecule has 154 valence electrons. The first-order chi connectivity index (χ1) is 14.6. The van der Waals surface area contributed by atoms with Crippen LogP contribution in [-0.4, -0.2) is 47.4 Å². The lowest BCUT2D eigenvalue weighted by Crippen LogP contribution is -2.50. The molecule has 0 bridgehead atoms. The minimum atomic E-state index is -0.583. The number of aromatic amines is 1. The Morgan fingerprint density at radius 3 is 2.67 bits per heavy atom. The Labute approximate surface area is 175 Å². The molecule has 6 heteroatoms. The van der Waals surface area contributed by atoms with Crippen LogP contribution >= 0.6 is 0 Å². The van der Waals surface area contributed by atoms with E-state index in [2.05, 4.69) is 29.4 Å². The number of hydrogen-bond acceptors (Lipinski definition) is 3. The molecule has 1 N–H and O–H groups in total. The van der Waals surface area contributed by atoms with Crippen molar-refractivity contribution in [2.45, 2.75) is 31.8 Å². The Kier molecular flexibility index (Phi) is 4.69. The number of ether oxygens (including phenoxy) is 1. The van der Waals surface area contributed by atoms with Crippen molar-refractivity contribution < 1.29 is 14.3 Å². The van der Waals surface area contributed by atoms with E-state index in [1.54, 1.807) is 11.8 Å². The van der Waals surface area contributed by atoms with Gasteiger partial charge in [-0.25, -0.2) is 0 Å². The monoisotopic (exact) mass is 403 g/mol. The summed E-state index contributed by atoms with van der Waals surface area (Å²) in [5, 5.41) is 1.27. The van der Waals surface area contributed by atoms with Gasteiger partial charge < -0.3 is 14.6 Å². The number of fused-ring (bicyclic) bond motifs is 2. The van der Waals surface area contributed by atoms with Gasteiger partial charge in [0.25, 0.3) is 5.91 Å². The maximum Gasteiger partial charge on any atom is 0.268 e. The fourth-order valence-corrected chi connectivity index (χ4v) is 4.63. The maximum atomic E-state index is 13.0. The molecule has 5 rings (SSSR count). The van der Waals surface area contributed by atoms with Gasteiger partial charge in [0.1, 0.15) is 12.3 Å². The number of likely N-dealkylation sites (tertiary alicyclic amines) is 1. The molecule has 6 nitrogen and oxygen atoms in total. The van der Waals surface area contributed by atoms with Gasteiger partial charge in [0.05, 0.1) is 5.69 Å². The summed E-state index contributed by atoms with van der Waals surface area (Å²) in [6.07, 6.45) is 3.38. The quantitative estimate of drug-likeness (QED) is 0.725. The van der Waals surface area contributed by atoms with Crippen molar-refractivity contribution in [2.24, 2.45) is 0 Å². The number of nitrogens with one attached hydrogen (secondary N) is 1. The molecule has 2 aliphatic heterocycles. The zero-order chi connectivity index (χ0) is 20.7. The summed E-state index contributed by atoms with van der Waals surface area (Å²) in [7, 11) is 0. The third kappa shape index (κ3) is 3.22. The summed E-state index contributed by atoms with van der Waals surface area (Å²) in [5.41, 5.74) is 3.16. The molecule has 1 saturated heterocycles. The van der Waals surface area contributed by atoms with Crippen molar-refractivity contribution in [3.63, 3.8) is 0 Å². The van der Waals surface area contributed by atoms with Gasteiger partial charge in [-0.2, -0.15) is 0 Å². The highest BCUT2D eigenvalue weighted by Gasteiger charge is 2.34. The van der Waals surface area contributed by atoms with Crippen LogP contribution in [0.5, 0.6) is 5.75 Å². The fraction of sp³-hybridized carbons (Fsp3) is 0.333. The van der Waals surface area contributed by atoms with Crippen LogP contribution in [0, 0.1) is 0 Å². The average molecular weight is 403 g/mol. The molecule has 30 heavy (non-hydrogen) atoms. The minimum Gasteiger partial charge on any atom is -0.479 e. The Bertz CT molecular complexity index is 1100. The Balaban J connectivity index is 1.27. The second-order valence-corrected chi connectivity index (χ2v) is 8.10. The molecule has 2 amide bonds. The fourth-order valence-electron chi connectivity index (χ4n) is 4.63. The summed E-state index contributed by atoms with van der Waals surface area (Å²) in [5.74, 6) is 0.909. The number of nitrogens with zero attached hydrogens (tertiary/aromatic N) is 2. The largest absolute Gasteiger partial charge is 0.479 e. The second-order valence-electron chi connectivity index (χ2n) is 8.10. The van der Waals surface area contributed by atoms with Gasteiger partial charge in [-0.3, -0.25) is 14.5 Å². The summed E-state index contributed by atoms with van der Waals surface area (Å²) < 4.78 is 5.67. The lowest BCUT2D eigenvalue weighted by atomic mass is 9.89. The molecule has 1 unspecified atom stereocenters. The van der Waals surface area contributed by atoms with Gasteiger partial charge in [0.15, 0.2) is 6.10 Å². The molecular weight excluding hydrogens is 378 g/mol. The number of rotatable bonds is 3. The molecule has 2 aromatic carbocycles. The van der Waals surface area contributed by atoms with E-state index in [0.717, 1.165) is 18.4 Å². The number of benzene rings is 2. The Morgan fingerprint density at radius 1 is 1.10 bits per heavy atom. The number of anilines is 1. The third-order valence-electron chi connectivity index (χ3n) is 6.28. The molecule has 0 aliphatic carbocycles. The summed E-state index contributed by atoms with van der Waals surface area (Å²) in [6, 6.07) is 15.7. The minimum absolute atomic E-state index is 0.00960. The maximum absolute atomic E-state index is 13.0. The number of amides is 2. The smallest absolute Gasteiger partial charge is 0.268 e. The van der Waals surface area contributed by atoms with Crippen LogP contribution in [0.2, 0.25) is 0 Å². The number of aromatic nitrogens is 1. The van der Waals surface area contributed by atoms with Gasteiger partial charge in [-0.15, -0.1) is 0 Å². The molecule has 1 aromatic heterocycles. The van der Waals surface area contributed by atoms with E-state index in [0.29, 0.717) is 30.4 Å². The van der Waals surface area contributed by atoms with Crippen LogP contribution in [0.4, 0.5) is 5.69 Å². The average Bonchev–Trinajstić information content (AvgIpc) is 3.21. The van der Waals surface area contributed by atoms with Gasteiger partial charge in [0, 0.05) is 30.2 Å². The normalized spacial score (nSPS) is 19.6. The molecule has 0 radical (unpaired) electrons. The van der Waals surface area contributed by atoms with Crippen molar-refractivity contribution in [3.8, 4) is 5.75 Å². The molecule has 0 saturated carbocycles. The first-order valence-electron chi connectivity index (χ1n) is 10.5. The van der Waals surface area contributed by atoms with Crippen molar-refractivity contribution >= 4 is 28.4 Å². The van der Waals surface area contributed by atoms with Crippen molar-refractivity contribution in [2.75, 3.05) is 24.5 Å². The van der Waals surface area contributed by atoms with E-state index in [1.807, 2.05) is 35.2 Å². The number of carbonyl (C=O) groups is 2. The third-order valence-corrected chi connectivity index (χ3v) is 6.28. The number of para-hydroxylation sites is 3. The molecule has 0 spiro atoms. The lowest BCUT2D eigenvalue weighted by Gasteiger charge is -2.36. The lowest BCUT2D eigenvalue weighted by molar-refractivity contribution is -0.133. The molecular formula is C24H25N3O3. The van der Waals surface area contributed by atoms with E-state index in [4.69, 9.17) is 4.74 Å². The summed E-state index contributed by atoms with van der Waals surface area (Å²) in [6.45, 7) is 3.20. The molecule has 1 fully saturated rings. The van der Waals surface area contributed by atoms with Crippen LogP contribution in [0.3, 0.4) is 0 Å². The number of H-pyrrole nitrogens is 1. The molecule has 1 atom stereocenters. The Morgan fingerprint density at radius 2 is 1.83 bits per heavy atom. The first kappa shape index (κ1) is 18.7. The molecule has 3 aromatic rings. The topological polar surface area (TPSA) is 65.6 Å². The second kappa shape index (κ2) is 7.52. The van der Waals surface area contributed by atoms with Crippen molar-refractivity contribution in [1.82, 2.24) is 9.88 Å². The summed E-state index contributed by atoms with van der Waals surface area (Å²) in [4.78, 5) is 32.5. The molecule has 3 heterocycles. The van der Waals surface area contributed by atoms with Crippen molar-refractivity contribution in [1.29, 1.82) is 0 Å². The van der Waals surface area contributed by atoms with Crippen LogP contribution < -0.4 is 9.64 Å². The van der Waals surface area contributed by atoms with E-state index >= 15 is 0 Å². The van der Waals surface area contributed by atoms with Gasteiger partial charge in [0.2, 0.25) is 5.91 Å². The highest BCUT2D eigenvalue weighted by molar-refractivity contribution is 6.03. The SMILES string of the molecule is CC1Oc2ccccc2N(CC(=O)N2CCC(c3c[nH]c4ccccc34)CC2)C1=O. The van der Waals surface area contributed by atoms with Crippen LogP contribution in [0.1, 0.15) is 31.2 Å². The first-order valence-corrected chi connectivity index (χ1v) is 10.5. The predicted octanol–water partition coefficient (Wildman–Crippen LogP) is 3.69. The van der Waals surface area contributed by atoms with Gasteiger partial charge >= 0.3 is 0 Å². The standard InChI is InChI=1S/C24H25N3O3/c1-16-24(29)27(21-8-4-5-9-22(21)30-16)15-23(28)26-12-10-17(11-13-26)19-14-25-20-7-3-2-6-18(19)20/h2-9,14,16-17,25H,10-13,15H2,1H3. The zero-order valence-corrected chi connectivity index (χ0v) is 17.0. The van der Waals surface area contributed by atoms with E-state index in [-0.39, 0.29) is 18.4 Å². The summed E-state index contributed by atoms with van der Waals surface area (Å²) >= 11 is 0. The van der Waals surface area contributed by atoms with E-state index < -0.39 is 6.10 Å². The number of carbonyl (C=O) groups excluding carboxylic acids is 2. The number of hydrogen-bond donors (Lipinski definition) is 1. The molecule has 2 aliphatic rings. The van der Waals surface area contributed by atoms with Crippen LogP contribution in [0.25, 0.3) is 10.9 Å². The van der Waals surface area contributed by atoms with Crippen molar-refractivity contribution in [3.05, 3.63) is 60.3 Å². The highest BCUT2D eigenvalue weighted by atomic mass is 16.5. The number of piperidine rings is 1. The predicted molar refractivity (Wildman–Crippen MR) is 116 cm³/mol. The van der Waals surface area contributed by atoms with E-state index in [1.165, 1.54) is 10.9 Å². The van der Waals surface area contributed by atoms with Gasteiger partial charge in [-0.1, -0.05) is 30.3 Å². The van der Waals surface area contributed by atoms with Crippen LogP contribution in [0.15, 0.2) is 54.7 Å². The van der Waals surface area contributed by atoms with Gasteiger partial charge in [-0.05, 0) is 49.4 Å². The van der Waals surface area contributed by atoms with Crippen LogP contribution in [-0.2, 0) is 9.59 Å². The van der Waals surface area contributed by atoms with E-state index in [9.17, 15) is 9.59 Å². The highest BCUT2D eigenvalue weighted by Crippen LogP contribution is 2.35. The Hall–Kier alpha value is -3.28.